The number of amidine groups is 1. The first kappa shape index (κ1) is 22.0. The van der Waals surface area contributed by atoms with Gasteiger partial charge in [0.15, 0.2) is 17.3 Å². The number of ether oxygens (including phenoxy) is 2. The summed E-state index contributed by atoms with van der Waals surface area (Å²) in [6.07, 6.45) is 0. The molecule has 10 heteroatoms. The fourth-order valence-electron chi connectivity index (χ4n) is 3.02. The van der Waals surface area contributed by atoms with Gasteiger partial charge in [0.25, 0.3) is 10.0 Å². The van der Waals surface area contributed by atoms with Crippen LogP contribution in [0.15, 0.2) is 68.4 Å². The van der Waals surface area contributed by atoms with Crippen LogP contribution in [0.3, 0.4) is 0 Å². The van der Waals surface area contributed by atoms with Crippen LogP contribution < -0.4 is 14.8 Å². The average Bonchev–Trinajstić information content (AvgIpc) is 2.73. The second-order valence-corrected chi connectivity index (χ2v) is 9.82. The molecular formula is C21H15BrCl2N2O4S. The summed E-state index contributed by atoms with van der Waals surface area (Å²) in [5, 5.41) is 4.09. The van der Waals surface area contributed by atoms with Crippen molar-refractivity contribution in [1.82, 2.24) is 0 Å². The number of fused-ring (bicyclic) bond motifs is 1. The van der Waals surface area contributed by atoms with E-state index in [2.05, 4.69) is 25.6 Å². The summed E-state index contributed by atoms with van der Waals surface area (Å²) < 4.78 is 41.0. The molecule has 0 radical (unpaired) electrons. The van der Waals surface area contributed by atoms with Gasteiger partial charge in [-0.1, -0.05) is 41.4 Å². The zero-order valence-corrected chi connectivity index (χ0v) is 19.9. The molecule has 0 unspecified atom stereocenters. The Morgan fingerprint density at radius 3 is 2.61 bits per heavy atom. The van der Waals surface area contributed by atoms with E-state index in [4.69, 9.17) is 32.7 Å². The number of nitrogens with zero attached hydrogens (tertiary/aromatic N) is 1. The summed E-state index contributed by atoms with van der Waals surface area (Å²) in [6, 6.07) is 15.1. The van der Waals surface area contributed by atoms with Crippen LogP contribution in [0, 0.1) is 0 Å². The minimum atomic E-state index is -3.82. The molecule has 0 aliphatic carbocycles. The van der Waals surface area contributed by atoms with Crippen LogP contribution in [0.1, 0.15) is 11.1 Å². The first-order valence-corrected chi connectivity index (χ1v) is 11.9. The van der Waals surface area contributed by atoms with Crippen molar-refractivity contribution >= 4 is 60.7 Å². The fraction of sp³-hybridized carbons (Fsp3) is 0.0952. The number of methoxy groups -OCH3 is 1. The molecule has 0 atom stereocenters. The molecule has 1 aliphatic rings. The molecule has 31 heavy (non-hydrogen) atoms. The zero-order valence-electron chi connectivity index (χ0n) is 16.0. The lowest BCUT2D eigenvalue weighted by Crippen LogP contribution is -2.22. The molecule has 160 valence electrons. The van der Waals surface area contributed by atoms with Crippen LogP contribution in [0.2, 0.25) is 10.0 Å². The molecule has 1 heterocycles. The van der Waals surface area contributed by atoms with Gasteiger partial charge in [0, 0.05) is 21.2 Å². The number of para-hydroxylation sites is 1. The van der Waals surface area contributed by atoms with Crippen LogP contribution in [0.4, 0.5) is 5.69 Å². The Morgan fingerprint density at radius 1 is 1.10 bits per heavy atom. The number of halogens is 3. The third kappa shape index (κ3) is 4.52. The van der Waals surface area contributed by atoms with E-state index in [9.17, 15) is 8.42 Å². The highest BCUT2D eigenvalue weighted by atomic mass is 79.9. The Morgan fingerprint density at radius 2 is 1.87 bits per heavy atom. The maximum Gasteiger partial charge on any atom is 0.286 e. The SMILES string of the molecule is COc1cc(C2=NS(=O)(=O)c3ccccc3N2)cc(Br)c1OCc1ccc(Cl)cc1Cl. The lowest BCUT2D eigenvalue weighted by molar-refractivity contribution is 0.282. The monoisotopic (exact) mass is 540 g/mol. The van der Waals surface area contributed by atoms with Gasteiger partial charge in [0.1, 0.15) is 11.5 Å². The molecule has 3 aromatic carbocycles. The number of hydrogen-bond donors (Lipinski definition) is 1. The van der Waals surface area contributed by atoms with Crippen molar-refractivity contribution in [2.45, 2.75) is 11.5 Å². The predicted molar refractivity (Wildman–Crippen MR) is 125 cm³/mol. The minimum absolute atomic E-state index is 0.129. The molecule has 4 rings (SSSR count). The second kappa shape index (κ2) is 8.70. The molecule has 0 aromatic heterocycles. The van der Waals surface area contributed by atoms with Crippen LogP contribution in [0.25, 0.3) is 0 Å². The van der Waals surface area contributed by atoms with E-state index < -0.39 is 10.0 Å². The summed E-state index contributed by atoms with van der Waals surface area (Å²) in [5.41, 5.74) is 1.73. The van der Waals surface area contributed by atoms with Gasteiger partial charge in [-0.25, -0.2) is 0 Å². The minimum Gasteiger partial charge on any atom is -0.493 e. The molecule has 0 saturated heterocycles. The van der Waals surface area contributed by atoms with Gasteiger partial charge in [-0.15, -0.1) is 4.40 Å². The number of anilines is 1. The number of hydrogen-bond acceptors (Lipinski definition) is 5. The van der Waals surface area contributed by atoms with Crippen molar-refractivity contribution in [1.29, 1.82) is 0 Å². The van der Waals surface area contributed by atoms with Gasteiger partial charge in [-0.05, 0) is 52.3 Å². The van der Waals surface area contributed by atoms with Crippen molar-refractivity contribution in [2.24, 2.45) is 4.40 Å². The molecule has 0 saturated carbocycles. The van der Waals surface area contributed by atoms with Crippen LogP contribution in [-0.2, 0) is 16.6 Å². The molecular weight excluding hydrogens is 527 g/mol. The van der Waals surface area contributed by atoms with E-state index in [0.29, 0.717) is 37.3 Å². The quantitative estimate of drug-likeness (QED) is 0.435. The van der Waals surface area contributed by atoms with Crippen molar-refractivity contribution in [2.75, 3.05) is 12.4 Å². The first-order valence-electron chi connectivity index (χ1n) is 8.94. The Hall–Kier alpha value is -2.26. The van der Waals surface area contributed by atoms with Crippen molar-refractivity contribution in [3.63, 3.8) is 0 Å². The van der Waals surface area contributed by atoms with Gasteiger partial charge in [-0.3, -0.25) is 0 Å². The van der Waals surface area contributed by atoms with E-state index in [1.165, 1.54) is 13.2 Å². The average molecular weight is 542 g/mol. The van der Waals surface area contributed by atoms with E-state index >= 15 is 0 Å². The van der Waals surface area contributed by atoms with Gasteiger partial charge in [-0.2, -0.15) is 8.42 Å². The van der Waals surface area contributed by atoms with Crippen LogP contribution >= 0.6 is 39.1 Å². The van der Waals surface area contributed by atoms with E-state index in [0.717, 1.165) is 5.56 Å². The van der Waals surface area contributed by atoms with Gasteiger partial charge in [0.05, 0.1) is 17.3 Å². The fourth-order valence-corrected chi connectivity index (χ4v) is 5.18. The molecule has 0 spiro atoms. The standard InChI is InChI=1S/C21H15BrCl2N2O4S/c1-29-18-9-13(21-25-17-4-2-3-5-19(17)31(27,28)26-21)8-15(22)20(18)30-11-12-6-7-14(23)10-16(12)24/h2-10H,11H2,1H3,(H,25,26). The number of nitrogens with one attached hydrogen (secondary N) is 1. The number of sulfonamides is 1. The largest absolute Gasteiger partial charge is 0.493 e. The van der Waals surface area contributed by atoms with Gasteiger partial charge >= 0.3 is 0 Å². The lowest BCUT2D eigenvalue weighted by atomic mass is 10.1. The summed E-state index contributed by atoms with van der Waals surface area (Å²) in [7, 11) is -2.33. The third-order valence-corrected chi connectivity index (χ3v) is 7.03. The highest BCUT2D eigenvalue weighted by Crippen LogP contribution is 2.39. The molecule has 3 aromatic rings. The highest BCUT2D eigenvalue weighted by Gasteiger charge is 2.26. The maximum absolute atomic E-state index is 12.6. The number of benzene rings is 3. The summed E-state index contributed by atoms with van der Waals surface area (Å²) in [5.74, 6) is 1.03. The molecule has 6 nitrogen and oxygen atoms in total. The van der Waals surface area contributed by atoms with Crippen LogP contribution in [0.5, 0.6) is 11.5 Å². The van der Waals surface area contributed by atoms with Crippen molar-refractivity contribution < 1.29 is 17.9 Å². The Labute approximate surface area is 198 Å². The van der Waals surface area contributed by atoms with Gasteiger partial charge in [0.2, 0.25) is 0 Å². The second-order valence-electron chi connectivity index (χ2n) is 6.55. The third-order valence-electron chi connectivity index (χ3n) is 4.52. The molecule has 1 N–H and O–H groups in total. The van der Waals surface area contributed by atoms with Crippen molar-refractivity contribution in [3.8, 4) is 11.5 Å². The summed E-state index contributed by atoms with van der Waals surface area (Å²) >= 11 is 15.6. The van der Waals surface area contributed by atoms with Crippen molar-refractivity contribution in [3.05, 3.63) is 80.2 Å². The zero-order chi connectivity index (χ0) is 22.2. The Bertz CT molecular complexity index is 1310. The molecule has 0 bridgehead atoms. The summed E-state index contributed by atoms with van der Waals surface area (Å²) in [6.45, 7) is 0.186. The first-order chi connectivity index (χ1) is 14.8. The molecule has 0 amide bonds. The van der Waals surface area contributed by atoms with E-state index in [1.54, 1.807) is 48.5 Å². The smallest absolute Gasteiger partial charge is 0.286 e. The molecule has 0 fully saturated rings. The Balaban J connectivity index is 1.66. The lowest BCUT2D eigenvalue weighted by Gasteiger charge is -2.20. The van der Waals surface area contributed by atoms with Gasteiger partial charge < -0.3 is 14.8 Å². The predicted octanol–water partition coefficient (Wildman–Crippen LogP) is 5.90. The normalized spacial score (nSPS) is 14.3. The van der Waals surface area contributed by atoms with Crippen LogP contribution in [-0.4, -0.2) is 21.4 Å². The highest BCUT2D eigenvalue weighted by molar-refractivity contribution is 9.10. The topological polar surface area (TPSA) is 77.0 Å². The molecule has 1 aliphatic heterocycles. The van der Waals surface area contributed by atoms with E-state index in [-0.39, 0.29) is 17.3 Å². The number of rotatable bonds is 5. The maximum atomic E-state index is 12.6. The van der Waals surface area contributed by atoms with E-state index in [1.807, 2.05) is 0 Å². The Kier molecular flexibility index (Phi) is 6.16. The summed E-state index contributed by atoms with van der Waals surface area (Å²) in [4.78, 5) is 0.129.